The minimum atomic E-state index is -0.898. The quantitative estimate of drug-likeness (QED) is 0.828. The summed E-state index contributed by atoms with van der Waals surface area (Å²) in [5.74, 6) is 1.31. The van der Waals surface area contributed by atoms with Crippen LogP contribution in [0.4, 0.5) is 0 Å². The molecule has 4 nitrogen and oxygen atoms in total. The summed E-state index contributed by atoms with van der Waals surface area (Å²) in [5, 5.41) is 6.42. The molecular weight excluding hydrogens is 272 g/mol. The van der Waals surface area contributed by atoms with Crippen LogP contribution in [0.5, 0.6) is 0 Å². The zero-order chi connectivity index (χ0) is 14.8. The van der Waals surface area contributed by atoms with Gasteiger partial charge in [-0.2, -0.15) is 0 Å². The van der Waals surface area contributed by atoms with Crippen LogP contribution in [0.25, 0.3) is 0 Å². The van der Waals surface area contributed by atoms with Crippen molar-refractivity contribution in [1.82, 2.24) is 10.6 Å². The van der Waals surface area contributed by atoms with Crippen LogP contribution in [-0.4, -0.2) is 39.2 Å². The third-order valence-electron chi connectivity index (χ3n) is 4.45. The molecule has 2 aliphatic rings. The van der Waals surface area contributed by atoms with E-state index in [1.54, 1.807) is 0 Å². The molecule has 1 aliphatic heterocycles. The van der Waals surface area contributed by atoms with Crippen molar-refractivity contribution in [2.45, 2.75) is 69.7 Å². The average molecular weight is 300 g/mol. The van der Waals surface area contributed by atoms with Gasteiger partial charge in [-0.3, -0.25) is 9.00 Å². The number of rotatable bonds is 4. The zero-order valence-corrected chi connectivity index (χ0v) is 13.7. The van der Waals surface area contributed by atoms with E-state index in [2.05, 4.69) is 10.6 Å². The molecule has 5 heteroatoms. The highest BCUT2D eigenvalue weighted by Crippen LogP contribution is 2.33. The highest BCUT2D eigenvalue weighted by molar-refractivity contribution is 7.86. The van der Waals surface area contributed by atoms with Crippen molar-refractivity contribution < 1.29 is 9.00 Å². The number of carbonyl (C=O) groups excluding carboxylic acids is 1. The minimum absolute atomic E-state index is 0.0360. The van der Waals surface area contributed by atoms with Crippen molar-refractivity contribution in [3.05, 3.63) is 0 Å². The van der Waals surface area contributed by atoms with Gasteiger partial charge in [-0.25, -0.2) is 0 Å². The summed E-state index contributed by atoms with van der Waals surface area (Å²) in [4.78, 5) is 12.1. The molecule has 1 saturated heterocycles. The van der Waals surface area contributed by atoms with Gasteiger partial charge in [0.1, 0.15) is 0 Å². The molecule has 1 heterocycles. The summed E-state index contributed by atoms with van der Waals surface area (Å²) in [5.41, 5.74) is 0. The van der Waals surface area contributed by atoms with Crippen LogP contribution in [0.1, 0.15) is 52.9 Å². The molecule has 0 bridgehead atoms. The lowest BCUT2D eigenvalue weighted by Gasteiger charge is -2.24. The largest absolute Gasteiger partial charge is 0.354 e. The molecule has 0 spiro atoms. The highest BCUT2D eigenvalue weighted by Gasteiger charge is 2.38. The molecule has 2 fully saturated rings. The number of amides is 1. The van der Waals surface area contributed by atoms with Gasteiger partial charge in [0.25, 0.3) is 0 Å². The van der Waals surface area contributed by atoms with Crippen LogP contribution in [0.15, 0.2) is 0 Å². The van der Waals surface area contributed by atoms with Gasteiger partial charge in [0.05, 0.1) is 6.04 Å². The summed E-state index contributed by atoms with van der Waals surface area (Å²) in [6, 6.07) is 0.509. The lowest BCUT2D eigenvalue weighted by molar-refractivity contribution is -0.122. The second kappa shape index (κ2) is 6.56. The fourth-order valence-corrected chi connectivity index (χ4v) is 4.12. The molecule has 0 radical (unpaired) electrons. The van der Waals surface area contributed by atoms with Crippen molar-refractivity contribution in [3.63, 3.8) is 0 Å². The SMILES string of the molecule is CC(C)(C)S(=O)CCNC(=O)C1CC2CCCCC2N1. The molecule has 2 rings (SSSR count). The van der Waals surface area contributed by atoms with Crippen LogP contribution in [0, 0.1) is 5.92 Å². The number of hydrogen-bond donors (Lipinski definition) is 2. The van der Waals surface area contributed by atoms with Crippen LogP contribution in [-0.2, 0) is 15.6 Å². The molecular formula is C15H28N2O2S. The monoisotopic (exact) mass is 300 g/mol. The molecule has 1 aliphatic carbocycles. The van der Waals surface area contributed by atoms with Gasteiger partial charge in [0.15, 0.2) is 0 Å². The molecule has 4 atom stereocenters. The van der Waals surface area contributed by atoms with Crippen molar-refractivity contribution in [3.8, 4) is 0 Å². The third kappa shape index (κ3) is 4.04. The van der Waals surface area contributed by atoms with E-state index in [0.29, 0.717) is 24.3 Å². The number of nitrogens with one attached hydrogen (secondary N) is 2. The number of carbonyl (C=O) groups is 1. The van der Waals surface area contributed by atoms with Gasteiger partial charge in [0.2, 0.25) is 5.91 Å². The highest BCUT2D eigenvalue weighted by atomic mass is 32.2. The van der Waals surface area contributed by atoms with E-state index in [0.717, 1.165) is 6.42 Å². The van der Waals surface area contributed by atoms with Crippen molar-refractivity contribution in [2.24, 2.45) is 5.92 Å². The molecule has 116 valence electrons. The topological polar surface area (TPSA) is 58.2 Å². The smallest absolute Gasteiger partial charge is 0.237 e. The Hall–Kier alpha value is -0.420. The van der Waals surface area contributed by atoms with Crippen LogP contribution in [0.3, 0.4) is 0 Å². The van der Waals surface area contributed by atoms with E-state index >= 15 is 0 Å². The summed E-state index contributed by atoms with van der Waals surface area (Å²) in [6.07, 6.45) is 6.03. The van der Waals surface area contributed by atoms with Gasteiger partial charge in [-0.15, -0.1) is 0 Å². The average Bonchev–Trinajstić information content (AvgIpc) is 2.81. The number of hydrogen-bond acceptors (Lipinski definition) is 3. The predicted molar refractivity (Wildman–Crippen MR) is 83.1 cm³/mol. The van der Waals surface area contributed by atoms with Gasteiger partial charge >= 0.3 is 0 Å². The Balaban J connectivity index is 1.72. The van der Waals surface area contributed by atoms with Gasteiger partial charge in [-0.1, -0.05) is 12.8 Å². The summed E-state index contributed by atoms with van der Waals surface area (Å²) in [7, 11) is -0.898. The second-order valence-corrected chi connectivity index (χ2v) is 9.38. The van der Waals surface area contributed by atoms with Crippen LogP contribution in [0.2, 0.25) is 0 Å². The van der Waals surface area contributed by atoms with E-state index in [9.17, 15) is 9.00 Å². The molecule has 20 heavy (non-hydrogen) atoms. The summed E-state index contributed by atoms with van der Waals surface area (Å²) < 4.78 is 11.7. The predicted octanol–water partition coefficient (Wildman–Crippen LogP) is 1.57. The first kappa shape index (κ1) is 16.0. The molecule has 2 N–H and O–H groups in total. The van der Waals surface area contributed by atoms with Crippen LogP contribution < -0.4 is 10.6 Å². The first-order valence-corrected chi connectivity index (χ1v) is 9.12. The van der Waals surface area contributed by atoms with Gasteiger partial charge in [-0.05, 0) is 46.0 Å². The third-order valence-corrected chi connectivity index (χ3v) is 6.39. The van der Waals surface area contributed by atoms with Crippen molar-refractivity contribution in [2.75, 3.05) is 12.3 Å². The summed E-state index contributed by atoms with van der Waals surface area (Å²) >= 11 is 0. The molecule has 0 aromatic carbocycles. The van der Waals surface area contributed by atoms with E-state index in [1.807, 2.05) is 20.8 Å². The maximum atomic E-state index is 12.1. The van der Waals surface area contributed by atoms with Crippen molar-refractivity contribution >= 4 is 16.7 Å². The normalized spacial score (nSPS) is 31.6. The zero-order valence-electron chi connectivity index (χ0n) is 12.9. The molecule has 1 amide bonds. The molecule has 4 unspecified atom stereocenters. The standard InChI is InChI=1S/C15H28N2O2S/c1-15(2,3)20(19)9-8-16-14(18)13-10-11-6-4-5-7-12(11)17-13/h11-13,17H,4-10H2,1-3H3,(H,16,18). The first-order valence-electron chi connectivity index (χ1n) is 7.80. The lowest BCUT2D eigenvalue weighted by atomic mass is 9.85. The Morgan fingerprint density at radius 2 is 2.00 bits per heavy atom. The summed E-state index contributed by atoms with van der Waals surface area (Å²) in [6.45, 7) is 6.41. The van der Waals surface area contributed by atoms with E-state index < -0.39 is 10.8 Å². The molecule has 1 saturated carbocycles. The Morgan fingerprint density at radius 3 is 2.65 bits per heavy atom. The van der Waals surface area contributed by atoms with E-state index in [4.69, 9.17) is 0 Å². The second-order valence-electron chi connectivity index (χ2n) is 7.06. The Labute approximate surface area is 124 Å². The van der Waals surface area contributed by atoms with Gasteiger partial charge in [0, 0.05) is 33.9 Å². The van der Waals surface area contributed by atoms with E-state index in [-0.39, 0.29) is 16.7 Å². The van der Waals surface area contributed by atoms with Crippen LogP contribution >= 0.6 is 0 Å². The Morgan fingerprint density at radius 1 is 1.30 bits per heavy atom. The fraction of sp³-hybridized carbons (Fsp3) is 0.933. The maximum Gasteiger partial charge on any atom is 0.237 e. The van der Waals surface area contributed by atoms with Crippen molar-refractivity contribution in [1.29, 1.82) is 0 Å². The molecule has 0 aromatic heterocycles. The molecule has 0 aromatic rings. The van der Waals surface area contributed by atoms with E-state index in [1.165, 1.54) is 25.7 Å². The Bertz CT molecular complexity index is 365. The Kier molecular flexibility index (Phi) is 5.24. The lowest BCUT2D eigenvalue weighted by Crippen LogP contribution is -2.44. The van der Waals surface area contributed by atoms with Gasteiger partial charge < -0.3 is 10.6 Å². The number of fused-ring (bicyclic) bond motifs is 1. The minimum Gasteiger partial charge on any atom is -0.354 e. The maximum absolute atomic E-state index is 12.1. The first-order chi connectivity index (χ1) is 9.38. The fourth-order valence-electron chi connectivity index (χ4n) is 3.22.